The molecule has 0 saturated carbocycles. The summed E-state index contributed by atoms with van der Waals surface area (Å²) >= 11 is 1.39. The van der Waals surface area contributed by atoms with Gasteiger partial charge in [0.05, 0.1) is 12.6 Å². The maximum Gasteiger partial charge on any atom is 0.344 e. The highest BCUT2D eigenvalue weighted by Gasteiger charge is 2.24. The first-order chi connectivity index (χ1) is 15.6. The lowest BCUT2D eigenvalue weighted by atomic mass is 10.1. The van der Waals surface area contributed by atoms with E-state index >= 15 is 0 Å². The van der Waals surface area contributed by atoms with E-state index in [9.17, 15) is 9.18 Å². The molecule has 32 heavy (non-hydrogen) atoms. The number of aryl methyl sites for hydroxylation is 1. The summed E-state index contributed by atoms with van der Waals surface area (Å²) < 4.78 is 24.6. The van der Waals surface area contributed by atoms with Crippen LogP contribution in [0.2, 0.25) is 0 Å². The highest BCUT2D eigenvalue weighted by molar-refractivity contribution is 7.98. The molecule has 0 aliphatic heterocycles. The predicted molar refractivity (Wildman–Crippen MR) is 125 cm³/mol. The lowest BCUT2D eigenvalue weighted by molar-refractivity contribution is 0.0590. The fourth-order valence-electron chi connectivity index (χ4n) is 3.35. The summed E-state index contributed by atoms with van der Waals surface area (Å²) in [5.41, 5.74) is 4.08. The number of methoxy groups -OCH3 is 1. The molecule has 162 valence electrons. The van der Waals surface area contributed by atoms with Crippen molar-refractivity contribution >= 4 is 28.6 Å². The largest absolute Gasteiger partial charge is 0.487 e. The molecule has 4 rings (SSSR count). The molecule has 1 aromatic heterocycles. The Labute approximate surface area is 190 Å². The van der Waals surface area contributed by atoms with Gasteiger partial charge in [-0.15, -0.1) is 11.8 Å². The molecular weight excluding hydrogens is 425 g/mol. The van der Waals surface area contributed by atoms with E-state index in [1.165, 1.54) is 31.0 Å². The van der Waals surface area contributed by atoms with Gasteiger partial charge < -0.3 is 9.47 Å². The van der Waals surface area contributed by atoms with E-state index in [1.54, 1.807) is 12.1 Å². The van der Waals surface area contributed by atoms with E-state index in [4.69, 9.17) is 14.5 Å². The molecule has 0 bridgehead atoms. The fourth-order valence-corrected chi connectivity index (χ4v) is 4.33. The van der Waals surface area contributed by atoms with Crippen molar-refractivity contribution in [1.82, 2.24) is 4.98 Å². The monoisotopic (exact) mass is 447 g/mol. The molecule has 0 aliphatic carbocycles. The lowest BCUT2D eigenvalue weighted by Gasteiger charge is -2.17. The number of rotatable bonds is 7. The Morgan fingerprint density at radius 3 is 2.47 bits per heavy atom. The number of esters is 1. The van der Waals surface area contributed by atoms with E-state index in [0.717, 1.165) is 27.6 Å². The number of nitrogens with zero attached hydrogens (tertiary/aromatic N) is 1. The van der Waals surface area contributed by atoms with Gasteiger partial charge in [-0.25, -0.2) is 14.2 Å². The summed E-state index contributed by atoms with van der Waals surface area (Å²) in [6.45, 7) is 2.33. The van der Waals surface area contributed by atoms with Crippen LogP contribution in [0.4, 0.5) is 4.39 Å². The molecule has 3 aromatic carbocycles. The summed E-state index contributed by atoms with van der Waals surface area (Å²) in [5.74, 6) is 0.175. The van der Waals surface area contributed by atoms with E-state index in [1.807, 2.05) is 55.5 Å². The smallest absolute Gasteiger partial charge is 0.344 e. The van der Waals surface area contributed by atoms with Gasteiger partial charge in [0.25, 0.3) is 0 Å². The van der Waals surface area contributed by atoms with Gasteiger partial charge >= 0.3 is 5.97 Å². The number of carbonyl (C=O) groups is 1. The third-order valence-corrected chi connectivity index (χ3v) is 6.17. The average Bonchev–Trinajstić information content (AvgIpc) is 2.82. The molecule has 0 unspecified atom stereocenters. The van der Waals surface area contributed by atoms with Gasteiger partial charge in [0.2, 0.25) is 0 Å². The molecule has 0 spiro atoms. The maximum atomic E-state index is 13.2. The normalized spacial score (nSPS) is 10.8. The molecule has 0 saturated heterocycles. The molecule has 0 N–H and O–H groups in total. The number of ether oxygens (including phenoxy) is 2. The van der Waals surface area contributed by atoms with Crippen LogP contribution in [0.15, 0.2) is 77.8 Å². The molecule has 0 atom stereocenters. The van der Waals surface area contributed by atoms with Crippen molar-refractivity contribution in [3.63, 3.8) is 0 Å². The van der Waals surface area contributed by atoms with Gasteiger partial charge in [-0.05, 0) is 47.9 Å². The fraction of sp³-hybridized carbons (Fsp3) is 0.154. The zero-order valence-corrected chi connectivity index (χ0v) is 18.6. The predicted octanol–water partition coefficient (Wildman–Crippen LogP) is 6.34. The first kappa shape index (κ1) is 21.8. The van der Waals surface area contributed by atoms with Crippen molar-refractivity contribution in [3.05, 3.63) is 101 Å². The Morgan fingerprint density at radius 1 is 1.00 bits per heavy atom. The quantitative estimate of drug-likeness (QED) is 0.244. The van der Waals surface area contributed by atoms with Crippen LogP contribution in [0.3, 0.4) is 0 Å². The first-order valence-corrected chi connectivity index (χ1v) is 11.1. The summed E-state index contributed by atoms with van der Waals surface area (Å²) in [6.07, 6.45) is 0. The summed E-state index contributed by atoms with van der Waals surface area (Å²) in [6, 6.07) is 21.8. The van der Waals surface area contributed by atoms with Crippen LogP contribution < -0.4 is 4.74 Å². The van der Waals surface area contributed by atoms with Crippen LogP contribution in [-0.4, -0.2) is 18.1 Å². The van der Waals surface area contributed by atoms with Crippen LogP contribution in [0.5, 0.6) is 5.75 Å². The van der Waals surface area contributed by atoms with Gasteiger partial charge in [0, 0.05) is 11.1 Å². The highest BCUT2D eigenvalue weighted by Crippen LogP contribution is 2.37. The van der Waals surface area contributed by atoms with Crippen LogP contribution in [0.25, 0.3) is 10.9 Å². The van der Waals surface area contributed by atoms with Gasteiger partial charge in [-0.3, -0.25) is 0 Å². The molecule has 0 radical (unpaired) electrons. The minimum Gasteiger partial charge on any atom is -0.487 e. The SMILES string of the molecule is COC(=O)c1c(SCc2ccc(F)cc2)nc2ccccc2c1OCc1ccccc1C. The Balaban J connectivity index is 1.76. The molecule has 0 fully saturated rings. The Bertz CT molecular complexity index is 1260. The highest BCUT2D eigenvalue weighted by atomic mass is 32.2. The van der Waals surface area contributed by atoms with Crippen molar-refractivity contribution in [3.8, 4) is 5.75 Å². The van der Waals surface area contributed by atoms with E-state index in [0.29, 0.717) is 28.7 Å². The molecule has 4 aromatic rings. The minimum atomic E-state index is -0.510. The Kier molecular flexibility index (Phi) is 6.71. The number of benzene rings is 3. The second-order valence-corrected chi connectivity index (χ2v) is 8.22. The first-order valence-electron chi connectivity index (χ1n) is 10.1. The van der Waals surface area contributed by atoms with Gasteiger partial charge in [-0.2, -0.15) is 0 Å². The molecular formula is C26H22FNO3S. The maximum absolute atomic E-state index is 13.2. The standard InChI is InChI=1S/C26H22FNO3S/c1-17-7-3-4-8-19(17)15-31-24-21-9-5-6-10-22(21)28-25(23(24)26(29)30-2)32-16-18-11-13-20(27)14-12-18/h3-14H,15-16H2,1-2H3. The number of pyridine rings is 1. The van der Waals surface area contributed by atoms with E-state index in [-0.39, 0.29) is 5.82 Å². The molecule has 0 amide bonds. The van der Waals surface area contributed by atoms with Crippen LogP contribution >= 0.6 is 11.8 Å². The van der Waals surface area contributed by atoms with Crippen molar-refractivity contribution in [2.24, 2.45) is 0 Å². The molecule has 4 nitrogen and oxygen atoms in total. The third-order valence-electron chi connectivity index (χ3n) is 5.12. The number of hydrogen-bond donors (Lipinski definition) is 0. The zero-order chi connectivity index (χ0) is 22.5. The van der Waals surface area contributed by atoms with Crippen molar-refractivity contribution in [1.29, 1.82) is 0 Å². The number of halogens is 1. The second-order valence-electron chi connectivity index (χ2n) is 7.26. The van der Waals surface area contributed by atoms with E-state index in [2.05, 4.69) is 0 Å². The number of aromatic nitrogens is 1. The van der Waals surface area contributed by atoms with E-state index < -0.39 is 5.97 Å². The topological polar surface area (TPSA) is 48.4 Å². The van der Waals surface area contributed by atoms with Crippen LogP contribution in [0.1, 0.15) is 27.0 Å². The van der Waals surface area contributed by atoms with Crippen LogP contribution in [0, 0.1) is 12.7 Å². The molecule has 0 aliphatic rings. The minimum absolute atomic E-state index is 0.287. The third kappa shape index (κ3) is 4.75. The van der Waals surface area contributed by atoms with Gasteiger partial charge in [0.15, 0.2) is 0 Å². The van der Waals surface area contributed by atoms with Gasteiger partial charge in [0.1, 0.15) is 28.8 Å². The zero-order valence-electron chi connectivity index (χ0n) is 17.8. The number of hydrogen-bond acceptors (Lipinski definition) is 5. The van der Waals surface area contributed by atoms with Crippen LogP contribution in [-0.2, 0) is 17.1 Å². The van der Waals surface area contributed by atoms with Gasteiger partial charge in [-0.1, -0.05) is 48.5 Å². The Hall–Kier alpha value is -3.38. The molecule has 6 heteroatoms. The average molecular weight is 448 g/mol. The number of para-hydroxylation sites is 1. The number of carbonyl (C=O) groups excluding carboxylic acids is 1. The van der Waals surface area contributed by atoms with Crippen molar-refractivity contribution in [2.45, 2.75) is 24.3 Å². The summed E-state index contributed by atoms with van der Waals surface area (Å²) in [5, 5.41) is 1.26. The molecule has 1 heterocycles. The number of fused-ring (bicyclic) bond motifs is 1. The second kappa shape index (κ2) is 9.83. The van der Waals surface area contributed by atoms with Crippen molar-refractivity contribution < 1.29 is 18.7 Å². The number of thioether (sulfide) groups is 1. The summed E-state index contributed by atoms with van der Waals surface area (Å²) in [4.78, 5) is 17.5. The lowest BCUT2D eigenvalue weighted by Crippen LogP contribution is -2.10. The summed E-state index contributed by atoms with van der Waals surface area (Å²) in [7, 11) is 1.34. The van der Waals surface area contributed by atoms with Crippen molar-refractivity contribution in [2.75, 3.05) is 7.11 Å². The Morgan fingerprint density at radius 2 is 1.72 bits per heavy atom.